The van der Waals surface area contributed by atoms with Gasteiger partial charge in [-0.25, -0.2) is 9.97 Å². The van der Waals surface area contributed by atoms with Crippen LogP contribution in [0.1, 0.15) is 32.7 Å². The summed E-state index contributed by atoms with van der Waals surface area (Å²) in [5, 5.41) is 7.02. The van der Waals surface area contributed by atoms with Gasteiger partial charge in [-0.15, -0.1) is 0 Å². The molecule has 0 radical (unpaired) electrons. The summed E-state index contributed by atoms with van der Waals surface area (Å²) < 4.78 is 5.94. The summed E-state index contributed by atoms with van der Waals surface area (Å²) >= 11 is 0. The van der Waals surface area contributed by atoms with E-state index in [0.717, 1.165) is 23.6 Å². The van der Waals surface area contributed by atoms with E-state index < -0.39 is 0 Å². The van der Waals surface area contributed by atoms with Crippen LogP contribution in [-0.4, -0.2) is 41.8 Å². The molecule has 0 aromatic carbocycles. The van der Waals surface area contributed by atoms with Crippen LogP contribution in [0.15, 0.2) is 37.3 Å². The van der Waals surface area contributed by atoms with Gasteiger partial charge < -0.3 is 9.88 Å². The third-order valence-corrected chi connectivity index (χ3v) is 4.06. The molecule has 3 heterocycles. The number of amides is 1. The number of nitrogens with one attached hydrogen (secondary N) is 1. The largest absolute Gasteiger partial charge is 0.359 e. The summed E-state index contributed by atoms with van der Waals surface area (Å²) in [7, 11) is 1.65. The Morgan fingerprint density at radius 1 is 1.32 bits per heavy atom. The lowest BCUT2D eigenvalue weighted by atomic mass is 10.3. The van der Waals surface area contributed by atoms with Crippen LogP contribution in [0.5, 0.6) is 0 Å². The minimum atomic E-state index is 0.0474. The fourth-order valence-electron chi connectivity index (χ4n) is 2.72. The van der Waals surface area contributed by atoms with Crippen molar-refractivity contribution in [2.75, 3.05) is 7.05 Å². The van der Waals surface area contributed by atoms with Crippen LogP contribution in [0.25, 0.3) is 17.2 Å². The van der Waals surface area contributed by atoms with Gasteiger partial charge >= 0.3 is 0 Å². The van der Waals surface area contributed by atoms with Crippen molar-refractivity contribution >= 4 is 5.91 Å². The molecule has 0 aliphatic rings. The Labute approximate surface area is 146 Å². The summed E-state index contributed by atoms with van der Waals surface area (Å²) in [5.41, 5.74) is 1.90. The van der Waals surface area contributed by atoms with Gasteiger partial charge in [0.05, 0.1) is 24.4 Å². The first-order chi connectivity index (χ1) is 12.1. The molecule has 0 saturated carbocycles. The van der Waals surface area contributed by atoms with Crippen molar-refractivity contribution in [1.29, 1.82) is 0 Å². The number of carbonyl (C=O) groups is 1. The first-order valence-electron chi connectivity index (χ1n) is 8.39. The summed E-state index contributed by atoms with van der Waals surface area (Å²) in [4.78, 5) is 20.0. The Morgan fingerprint density at radius 2 is 2.16 bits per heavy atom. The van der Waals surface area contributed by atoms with Crippen LogP contribution >= 0.6 is 0 Å². The first kappa shape index (κ1) is 16.9. The molecule has 0 bridgehead atoms. The van der Waals surface area contributed by atoms with Crippen LogP contribution in [0.3, 0.4) is 0 Å². The average molecular weight is 341 g/mol. The number of rotatable bonds is 7. The third-order valence-electron chi connectivity index (χ3n) is 4.06. The maximum absolute atomic E-state index is 11.3. The monoisotopic (exact) mass is 341 g/mol. The highest BCUT2D eigenvalue weighted by molar-refractivity contribution is 5.75. The normalized spacial score (nSPS) is 11.2. The molecule has 25 heavy (non-hydrogen) atoms. The minimum Gasteiger partial charge on any atom is -0.359 e. The second kappa shape index (κ2) is 7.33. The number of aryl methyl sites for hydroxylation is 1. The van der Waals surface area contributed by atoms with E-state index in [1.54, 1.807) is 19.4 Å². The lowest BCUT2D eigenvalue weighted by Gasteiger charge is -2.12. The van der Waals surface area contributed by atoms with E-state index in [1.165, 1.54) is 0 Å². The van der Waals surface area contributed by atoms with E-state index >= 15 is 0 Å². The number of carbonyl (C=O) groups excluding carboxylic acids is 1. The minimum absolute atomic E-state index is 0.0474. The predicted molar refractivity (Wildman–Crippen MR) is 94.3 cm³/mol. The molecular formula is C17H23N7O. The Bertz CT molecular complexity index is 843. The van der Waals surface area contributed by atoms with Crippen molar-refractivity contribution in [1.82, 2.24) is 34.2 Å². The van der Waals surface area contributed by atoms with Crippen molar-refractivity contribution in [3.63, 3.8) is 0 Å². The highest BCUT2D eigenvalue weighted by Crippen LogP contribution is 2.23. The van der Waals surface area contributed by atoms with E-state index in [4.69, 9.17) is 0 Å². The molecule has 1 N–H and O–H groups in total. The molecule has 0 spiro atoms. The van der Waals surface area contributed by atoms with Crippen molar-refractivity contribution in [2.45, 2.75) is 39.3 Å². The van der Waals surface area contributed by atoms with Crippen LogP contribution in [0.2, 0.25) is 0 Å². The van der Waals surface area contributed by atoms with Crippen LogP contribution in [0, 0.1) is 0 Å². The van der Waals surface area contributed by atoms with Gasteiger partial charge in [0.15, 0.2) is 5.82 Å². The predicted octanol–water partition coefficient (Wildman–Crippen LogP) is 2.04. The number of nitrogens with zero attached hydrogens (tertiary/aromatic N) is 6. The summed E-state index contributed by atoms with van der Waals surface area (Å²) in [5.74, 6) is 0.877. The van der Waals surface area contributed by atoms with Crippen molar-refractivity contribution in [3.05, 3.63) is 37.3 Å². The fourth-order valence-corrected chi connectivity index (χ4v) is 2.72. The fraction of sp³-hybridized carbons (Fsp3) is 0.412. The molecule has 8 heteroatoms. The Balaban J connectivity index is 1.79. The van der Waals surface area contributed by atoms with E-state index in [1.807, 2.05) is 34.2 Å². The van der Waals surface area contributed by atoms with Gasteiger partial charge in [0.25, 0.3) is 0 Å². The third kappa shape index (κ3) is 3.62. The standard InChI is InChI=1S/C17H23N7O/c1-13(2)24-12-19-10-15(24)17-20-6-8-23(17)14-9-21-22(11-14)7-4-5-16(25)18-3/h6,8-13H,4-5,7H2,1-3H3,(H,18,25). The highest BCUT2D eigenvalue weighted by Gasteiger charge is 2.15. The number of aromatic nitrogens is 6. The van der Waals surface area contributed by atoms with Crippen molar-refractivity contribution in [2.24, 2.45) is 0 Å². The molecule has 3 aromatic heterocycles. The molecule has 0 saturated heterocycles. The Kier molecular flexibility index (Phi) is 4.97. The lowest BCUT2D eigenvalue weighted by molar-refractivity contribution is -0.120. The number of imidazole rings is 2. The maximum atomic E-state index is 11.3. The zero-order valence-electron chi connectivity index (χ0n) is 14.8. The molecule has 3 aromatic rings. The van der Waals surface area contributed by atoms with Gasteiger partial charge in [-0.2, -0.15) is 5.10 Å². The van der Waals surface area contributed by atoms with E-state index in [0.29, 0.717) is 19.0 Å². The summed E-state index contributed by atoms with van der Waals surface area (Å²) in [6.45, 7) is 4.92. The maximum Gasteiger partial charge on any atom is 0.219 e. The van der Waals surface area contributed by atoms with Crippen molar-refractivity contribution < 1.29 is 4.79 Å². The molecule has 0 aliphatic heterocycles. The molecule has 0 unspecified atom stereocenters. The molecule has 0 aliphatic carbocycles. The van der Waals surface area contributed by atoms with E-state index in [9.17, 15) is 4.79 Å². The van der Waals surface area contributed by atoms with Gasteiger partial charge in [0, 0.05) is 44.6 Å². The SMILES string of the molecule is CNC(=O)CCCn1cc(-n2ccnc2-c2cncn2C(C)C)cn1. The quantitative estimate of drug-likeness (QED) is 0.713. The number of hydrogen-bond donors (Lipinski definition) is 1. The molecule has 0 fully saturated rings. The lowest BCUT2D eigenvalue weighted by Crippen LogP contribution is -2.17. The Hall–Kier alpha value is -2.90. The van der Waals surface area contributed by atoms with E-state index in [2.05, 4.69) is 38.8 Å². The Morgan fingerprint density at radius 3 is 2.92 bits per heavy atom. The number of hydrogen-bond acceptors (Lipinski definition) is 4. The van der Waals surface area contributed by atoms with Gasteiger partial charge in [0.2, 0.25) is 5.91 Å². The molecule has 0 atom stereocenters. The topological polar surface area (TPSA) is 82.6 Å². The smallest absolute Gasteiger partial charge is 0.219 e. The zero-order chi connectivity index (χ0) is 17.8. The molecule has 8 nitrogen and oxygen atoms in total. The van der Waals surface area contributed by atoms with Gasteiger partial charge in [-0.1, -0.05) is 0 Å². The first-order valence-corrected chi connectivity index (χ1v) is 8.39. The molecule has 132 valence electrons. The average Bonchev–Trinajstić information content (AvgIpc) is 3.32. The summed E-state index contributed by atoms with van der Waals surface area (Å²) in [6.07, 6.45) is 12.3. The van der Waals surface area contributed by atoms with Crippen LogP contribution in [-0.2, 0) is 11.3 Å². The van der Waals surface area contributed by atoms with Crippen LogP contribution < -0.4 is 5.32 Å². The van der Waals surface area contributed by atoms with Gasteiger partial charge in [-0.3, -0.25) is 14.0 Å². The van der Waals surface area contributed by atoms with E-state index in [-0.39, 0.29) is 5.91 Å². The van der Waals surface area contributed by atoms with Gasteiger partial charge in [-0.05, 0) is 20.3 Å². The molecule has 1 amide bonds. The second-order valence-corrected chi connectivity index (χ2v) is 6.14. The van der Waals surface area contributed by atoms with Gasteiger partial charge in [0.1, 0.15) is 5.69 Å². The second-order valence-electron chi connectivity index (χ2n) is 6.14. The zero-order valence-corrected chi connectivity index (χ0v) is 14.8. The van der Waals surface area contributed by atoms with Crippen molar-refractivity contribution in [3.8, 4) is 17.2 Å². The molecule has 3 rings (SSSR count). The van der Waals surface area contributed by atoms with Crippen LogP contribution in [0.4, 0.5) is 0 Å². The summed E-state index contributed by atoms with van der Waals surface area (Å²) in [6, 6.07) is 0.301. The molecular weight excluding hydrogens is 318 g/mol. The highest BCUT2D eigenvalue weighted by atomic mass is 16.1.